The molecular weight excluding hydrogens is 256 g/mol. The van der Waals surface area contributed by atoms with Crippen LogP contribution >= 0.6 is 0 Å². The van der Waals surface area contributed by atoms with Gasteiger partial charge in [-0.05, 0) is 49.9 Å². The molecule has 2 heteroatoms. The smallest absolute Gasteiger partial charge is 0.0371 e. The van der Waals surface area contributed by atoms with Gasteiger partial charge < -0.3 is 10.2 Å². The van der Waals surface area contributed by atoms with Crippen LogP contribution < -0.4 is 10.2 Å². The van der Waals surface area contributed by atoms with Crippen LogP contribution in [-0.2, 0) is 0 Å². The van der Waals surface area contributed by atoms with E-state index in [-0.39, 0.29) is 0 Å². The molecule has 1 N–H and O–H groups in total. The number of nitrogens with zero attached hydrogens (tertiary/aromatic N) is 1. The molecule has 1 aromatic rings. The predicted molar refractivity (Wildman–Crippen MR) is 94.5 cm³/mol. The summed E-state index contributed by atoms with van der Waals surface area (Å²) in [5.74, 6) is 0. The summed E-state index contributed by atoms with van der Waals surface area (Å²) in [5.41, 5.74) is 4.09. The third-order valence-electron chi connectivity index (χ3n) is 4.53. The van der Waals surface area contributed by atoms with Crippen molar-refractivity contribution in [1.82, 2.24) is 0 Å². The predicted octanol–water partition coefficient (Wildman–Crippen LogP) is 5.37. The molecule has 118 valence electrons. The quantitative estimate of drug-likeness (QED) is 0.615. The number of unbranched alkanes of at least 4 members (excludes halogenated alkanes) is 5. The standard InChI is InChI=1S/C19H32N2/c1-3-4-5-6-7-8-13-20-19-12-11-18(16-17(19)2)21-14-9-10-15-21/h11-12,16,20H,3-10,13-15H2,1-2H3. The number of benzene rings is 1. The summed E-state index contributed by atoms with van der Waals surface area (Å²) in [7, 11) is 0. The monoisotopic (exact) mass is 288 g/mol. The van der Waals surface area contributed by atoms with Gasteiger partial charge in [0.25, 0.3) is 0 Å². The molecule has 0 bridgehead atoms. The van der Waals surface area contributed by atoms with Gasteiger partial charge in [-0.1, -0.05) is 39.0 Å². The molecule has 0 amide bonds. The Labute approximate surface area is 130 Å². The van der Waals surface area contributed by atoms with Gasteiger partial charge in [0.1, 0.15) is 0 Å². The van der Waals surface area contributed by atoms with Gasteiger partial charge in [0, 0.05) is 31.0 Å². The topological polar surface area (TPSA) is 15.3 Å². The van der Waals surface area contributed by atoms with E-state index in [9.17, 15) is 0 Å². The van der Waals surface area contributed by atoms with Gasteiger partial charge in [-0.15, -0.1) is 0 Å². The fraction of sp³-hybridized carbons (Fsp3) is 0.684. The highest BCUT2D eigenvalue weighted by molar-refractivity contribution is 5.60. The molecule has 0 spiro atoms. The number of aryl methyl sites for hydroxylation is 1. The van der Waals surface area contributed by atoms with Crippen LogP contribution in [0, 0.1) is 6.92 Å². The molecule has 0 saturated carbocycles. The lowest BCUT2D eigenvalue weighted by molar-refractivity contribution is 0.617. The maximum atomic E-state index is 3.60. The molecule has 0 aromatic heterocycles. The number of hydrogen-bond donors (Lipinski definition) is 1. The summed E-state index contributed by atoms with van der Waals surface area (Å²) < 4.78 is 0. The summed E-state index contributed by atoms with van der Waals surface area (Å²) >= 11 is 0. The van der Waals surface area contributed by atoms with E-state index in [0.717, 1.165) is 6.54 Å². The Morgan fingerprint density at radius 1 is 1.00 bits per heavy atom. The van der Waals surface area contributed by atoms with Crippen molar-refractivity contribution in [3.63, 3.8) is 0 Å². The molecule has 0 atom stereocenters. The first kappa shape index (κ1) is 16.2. The molecule has 1 aromatic carbocycles. The first-order chi connectivity index (χ1) is 10.3. The summed E-state index contributed by atoms with van der Waals surface area (Å²) in [6.07, 6.45) is 10.9. The third-order valence-corrected chi connectivity index (χ3v) is 4.53. The van der Waals surface area contributed by atoms with E-state index in [1.165, 1.54) is 81.4 Å². The Kier molecular flexibility index (Phi) is 6.91. The van der Waals surface area contributed by atoms with Gasteiger partial charge in [-0.3, -0.25) is 0 Å². The van der Waals surface area contributed by atoms with Gasteiger partial charge >= 0.3 is 0 Å². The highest BCUT2D eigenvalue weighted by atomic mass is 15.1. The van der Waals surface area contributed by atoms with Crippen LogP contribution in [-0.4, -0.2) is 19.6 Å². The second kappa shape index (κ2) is 8.96. The zero-order chi connectivity index (χ0) is 14.9. The first-order valence-corrected chi connectivity index (χ1v) is 8.90. The van der Waals surface area contributed by atoms with Crippen molar-refractivity contribution in [1.29, 1.82) is 0 Å². The SMILES string of the molecule is CCCCCCCCNc1ccc(N2CCCC2)cc1C. The Bertz CT molecular complexity index is 408. The van der Waals surface area contributed by atoms with Crippen molar-refractivity contribution in [2.75, 3.05) is 29.9 Å². The van der Waals surface area contributed by atoms with Gasteiger partial charge in [0.2, 0.25) is 0 Å². The Morgan fingerprint density at radius 2 is 1.71 bits per heavy atom. The molecule has 1 aliphatic rings. The summed E-state index contributed by atoms with van der Waals surface area (Å²) in [4.78, 5) is 2.50. The Balaban J connectivity index is 1.71. The van der Waals surface area contributed by atoms with Crippen LogP contribution in [0.2, 0.25) is 0 Å². The average Bonchev–Trinajstić information content (AvgIpc) is 3.02. The summed E-state index contributed by atoms with van der Waals surface area (Å²) in [6.45, 7) is 8.06. The molecule has 1 heterocycles. The maximum absolute atomic E-state index is 3.60. The molecule has 0 unspecified atom stereocenters. The van der Waals surface area contributed by atoms with E-state index in [1.54, 1.807) is 0 Å². The lowest BCUT2D eigenvalue weighted by atomic mass is 10.1. The van der Waals surface area contributed by atoms with Crippen LogP contribution in [0.25, 0.3) is 0 Å². The van der Waals surface area contributed by atoms with Crippen molar-refractivity contribution < 1.29 is 0 Å². The van der Waals surface area contributed by atoms with Crippen LogP contribution in [0.4, 0.5) is 11.4 Å². The number of nitrogens with one attached hydrogen (secondary N) is 1. The maximum Gasteiger partial charge on any atom is 0.0371 e. The van der Waals surface area contributed by atoms with Gasteiger partial charge in [0.05, 0.1) is 0 Å². The minimum atomic E-state index is 1.11. The van der Waals surface area contributed by atoms with Crippen molar-refractivity contribution in [2.45, 2.75) is 65.2 Å². The van der Waals surface area contributed by atoms with E-state index in [0.29, 0.717) is 0 Å². The molecule has 2 rings (SSSR count). The summed E-state index contributed by atoms with van der Waals surface area (Å²) in [6, 6.07) is 6.89. The Morgan fingerprint density at radius 3 is 2.43 bits per heavy atom. The average molecular weight is 288 g/mol. The highest BCUT2D eigenvalue weighted by Crippen LogP contribution is 2.25. The number of hydrogen-bond acceptors (Lipinski definition) is 2. The molecule has 1 saturated heterocycles. The van der Waals surface area contributed by atoms with Gasteiger partial charge in [0.15, 0.2) is 0 Å². The zero-order valence-corrected chi connectivity index (χ0v) is 14.0. The number of anilines is 2. The fourth-order valence-corrected chi connectivity index (χ4v) is 3.15. The minimum absolute atomic E-state index is 1.11. The van der Waals surface area contributed by atoms with E-state index < -0.39 is 0 Å². The summed E-state index contributed by atoms with van der Waals surface area (Å²) in [5, 5.41) is 3.60. The molecule has 1 aliphatic heterocycles. The molecule has 1 fully saturated rings. The molecule has 0 radical (unpaired) electrons. The number of rotatable bonds is 9. The fourth-order valence-electron chi connectivity index (χ4n) is 3.15. The second-order valence-electron chi connectivity index (χ2n) is 6.39. The zero-order valence-electron chi connectivity index (χ0n) is 14.0. The van der Waals surface area contributed by atoms with E-state index in [1.807, 2.05) is 0 Å². The van der Waals surface area contributed by atoms with Crippen LogP contribution in [0.3, 0.4) is 0 Å². The van der Waals surface area contributed by atoms with Crippen LogP contribution in [0.5, 0.6) is 0 Å². The van der Waals surface area contributed by atoms with E-state index in [2.05, 4.69) is 42.3 Å². The Hall–Kier alpha value is -1.18. The van der Waals surface area contributed by atoms with Crippen LogP contribution in [0.15, 0.2) is 18.2 Å². The van der Waals surface area contributed by atoms with Crippen molar-refractivity contribution >= 4 is 11.4 Å². The van der Waals surface area contributed by atoms with E-state index >= 15 is 0 Å². The van der Waals surface area contributed by atoms with Crippen molar-refractivity contribution in [3.8, 4) is 0 Å². The van der Waals surface area contributed by atoms with E-state index in [4.69, 9.17) is 0 Å². The minimum Gasteiger partial charge on any atom is -0.385 e. The normalized spacial score (nSPS) is 14.7. The van der Waals surface area contributed by atoms with Gasteiger partial charge in [-0.2, -0.15) is 0 Å². The molecule has 2 nitrogen and oxygen atoms in total. The lowest BCUT2D eigenvalue weighted by Crippen LogP contribution is -2.17. The van der Waals surface area contributed by atoms with Crippen molar-refractivity contribution in [2.24, 2.45) is 0 Å². The molecular formula is C19H32N2. The van der Waals surface area contributed by atoms with Crippen molar-refractivity contribution in [3.05, 3.63) is 23.8 Å². The lowest BCUT2D eigenvalue weighted by Gasteiger charge is -2.19. The largest absolute Gasteiger partial charge is 0.385 e. The molecule has 0 aliphatic carbocycles. The molecule has 21 heavy (non-hydrogen) atoms. The van der Waals surface area contributed by atoms with Gasteiger partial charge in [-0.25, -0.2) is 0 Å². The van der Waals surface area contributed by atoms with Crippen LogP contribution in [0.1, 0.15) is 63.9 Å². The first-order valence-electron chi connectivity index (χ1n) is 8.90. The third kappa shape index (κ3) is 5.26. The second-order valence-corrected chi connectivity index (χ2v) is 6.39. The highest BCUT2D eigenvalue weighted by Gasteiger charge is 2.12.